The lowest BCUT2D eigenvalue weighted by molar-refractivity contribution is 0.0691. The smallest absolute Gasteiger partial charge is 0.345 e. The topological polar surface area (TPSA) is 120 Å². The number of aromatic amines is 1. The van der Waals surface area contributed by atoms with E-state index in [0.717, 1.165) is 30.5 Å². The van der Waals surface area contributed by atoms with Crippen LogP contribution in [0.2, 0.25) is 0 Å². The molecule has 1 aromatic carbocycles. The monoisotopic (exact) mass is 451 g/mol. The molecule has 2 atom stereocenters. The number of pyridine rings is 1. The van der Waals surface area contributed by atoms with Crippen LogP contribution in [0.25, 0.3) is 11.3 Å². The Hall–Kier alpha value is -3.68. The molecule has 7 heteroatoms. The molecule has 0 spiro atoms. The number of nitrogens with zero attached hydrogens (tertiary/aromatic N) is 1. The second-order valence-corrected chi connectivity index (χ2v) is 7.59. The quantitative estimate of drug-likeness (QED) is 0.530. The number of terminal acetylenes is 2. The van der Waals surface area contributed by atoms with E-state index in [1.807, 2.05) is 31.2 Å². The van der Waals surface area contributed by atoms with Crippen molar-refractivity contribution in [2.45, 2.75) is 32.6 Å². The van der Waals surface area contributed by atoms with Crippen LogP contribution in [0.1, 0.15) is 42.1 Å². The van der Waals surface area contributed by atoms with Crippen molar-refractivity contribution in [1.29, 1.82) is 0 Å². The van der Waals surface area contributed by atoms with Crippen LogP contribution in [0.3, 0.4) is 0 Å². The van der Waals surface area contributed by atoms with Crippen LogP contribution >= 0.6 is 0 Å². The average molecular weight is 452 g/mol. The lowest BCUT2D eigenvalue weighted by Crippen LogP contribution is -2.21. The van der Waals surface area contributed by atoms with Crippen LogP contribution in [0, 0.1) is 37.5 Å². The number of nitrogens with one attached hydrogen (secondary N) is 1. The fourth-order valence-electron chi connectivity index (χ4n) is 4.70. The molecule has 1 aliphatic heterocycles. The second kappa shape index (κ2) is 13.0. The first-order valence-electron chi connectivity index (χ1n) is 10.8. The number of carboxylic acid groups (broad SMARTS) is 1. The third kappa shape index (κ3) is 5.77. The molecule has 2 fully saturated rings. The number of H-pyrrole nitrogens is 1. The minimum absolute atomic E-state index is 0.412. The van der Waals surface area contributed by atoms with Gasteiger partial charge in [-0.2, -0.15) is 0 Å². The van der Waals surface area contributed by atoms with Crippen molar-refractivity contribution >= 4 is 11.7 Å². The molecule has 1 saturated carbocycles. The lowest BCUT2D eigenvalue weighted by Gasteiger charge is -2.20. The van der Waals surface area contributed by atoms with Gasteiger partial charge < -0.3 is 25.8 Å². The summed E-state index contributed by atoms with van der Waals surface area (Å²) in [5.41, 5.74) is 5.96. The molecule has 2 unspecified atom stereocenters. The van der Waals surface area contributed by atoms with Crippen LogP contribution in [-0.2, 0) is 6.42 Å². The van der Waals surface area contributed by atoms with Crippen molar-refractivity contribution in [3.63, 3.8) is 0 Å². The number of benzene rings is 1. The number of nitrogens with two attached hydrogens (primary N) is 1. The fourth-order valence-corrected chi connectivity index (χ4v) is 4.70. The zero-order chi connectivity index (χ0) is 25.1. The highest BCUT2D eigenvalue weighted by Crippen LogP contribution is 2.40. The summed E-state index contributed by atoms with van der Waals surface area (Å²) >= 11 is 0. The Morgan fingerprint density at radius 2 is 1.61 bits per heavy atom. The highest BCUT2D eigenvalue weighted by Gasteiger charge is 2.36. The molecule has 176 valence electrons. The molecular weight excluding hydrogens is 418 g/mol. The minimum atomic E-state index is -1.43. The molecular formula is C26H33N3O4. The fraction of sp³-hybridized carbons (Fsp3) is 0.385. The Morgan fingerprint density at radius 1 is 1.09 bits per heavy atom. The molecule has 4 rings (SSSR count). The van der Waals surface area contributed by atoms with Crippen molar-refractivity contribution in [2.24, 2.45) is 17.6 Å². The van der Waals surface area contributed by atoms with E-state index in [9.17, 15) is 14.7 Å². The summed E-state index contributed by atoms with van der Waals surface area (Å²) in [4.78, 5) is 28.4. The van der Waals surface area contributed by atoms with Gasteiger partial charge in [-0.05, 0) is 55.8 Å². The zero-order valence-corrected chi connectivity index (χ0v) is 19.3. The van der Waals surface area contributed by atoms with Crippen LogP contribution in [0.4, 0.5) is 5.69 Å². The Morgan fingerprint density at radius 3 is 2.06 bits per heavy atom. The summed E-state index contributed by atoms with van der Waals surface area (Å²) in [5, 5.41) is 19.5. The van der Waals surface area contributed by atoms with Gasteiger partial charge in [0.2, 0.25) is 0 Å². The van der Waals surface area contributed by atoms with Crippen molar-refractivity contribution < 1.29 is 15.0 Å². The van der Waals surface area contributed by atoms with Gasteiger partial charge in [0.05, 0.1) is 5.69 Å². The summed E-state index contributed by atoms with van der Waals surface area (Å²) in [6, 6.07) is 7.92. The van der Waals surface area contributed by atoms with Crippen molar-refractivity contribution in [1.82, 2.24) is 4.98 Å². The molecule has 0 bridgehead atoms. The molecule has 33 heavy (non-hydrogen) atoms. The second-order valence-electron chi connectivity index (χ2n) is 7.59. The first kappa shape index (κ1) is 27.4. The minimum Gasteiger partial charge on any atom is -0.506 e. The summed E-state index contributed by atoms with van der Waals surface area (Å²) < 4.78 is 0. The number of fused-ring (bicyclic) bond motifs is 1. The maximum absolute atomic E-state index is 12.1. The van der Waals surface area contributed by atoms with Gasteiger partial charge in [0, 0.05) is 24.3 Å². The van der Waals surface area contributed by atoms with Gasteiger partial charge in [0.25, 0.3) is 5.56 Å². The number of carboxylic acids is 1. The summed E-state index contributed by atoms with van der Waals surface area (Å²) in [6.07, 6.45) is 20.4. The molecule has 0 amide bonds. The maximum Gasteiger partial charge on any atom is 0.345 e. The molecule has 2 aliphatic rings. The number of aromatic hydroxyl groups is 1. The van der Waals surface area contributed by atoms with E-state index in [0.29, 0.717) is 17.7 Å². The molecule has 1 aromatic heterocycles. The van der Waals surface area contributed by atoms with Gasteiger partial charge in [-0.15, -0.1) is 25.7 Å². The van der Waals surface area contributed by atoms with E-state index in [1.165, 1.54) is 32.0 Å². The van der Waals surface area contributed by atoms with Gasteiger partial charge in [0.15, 0.2) is 5.56 Å². The molecule has 2 aromatic rings. The Bertz CT molecular complexity index is 1000. The SMILES string of the molecule is C#C.C#C.CCc1c(-c2ccc(N3CC4CCCC4C3)cc2)[nH]c(=O)c(C(=O)O)c1O.CN. The predicted octanol–water partition coefficient (Wildman–Crippen LogP) is 3.32. The van der Waals surface area contributed by atoms with E-state index < -0.39 is 22.8 Å². The zero-order valence-electron chi connectivity index (χ0n) is 19.3. The number of anilines is 1. The van der Waals surface area contributed by atoms with E-state index in [4.69, 9.17) is 5.11 Å². The molecule has 1 aliphatic carbocycles. The Labute approximate surface area is 195 Å². The van der Waals surface area contributed by atoms with E-state index in [-0.39, 0.29) is 0 Å². The Balaban J connectivity index is 0.000000841. The first-order chi connectivity index (χ1) is 16.0. The largest absolute Gasteiger partial charge is 0.506 e. The van der Waals surface area contributed by atoms with Gasteiger partial charge in [0.1, 0.15) is 5.75 Å². The number of carbonyl (C=O) groups is 1. The van der Waals surface area contributed by atoms with Crippen LogP contribution in [0.5, 0.6) is 5.75 Å². The average Bonchev–Trinajstić information content (AvgIpc) is 3.45. The maximum atomic E-state index is 12.1. The summed E-state index contributed by atoms with van der Waals surface area (Å²) in [7, 11) is 1.50. The number of hydrogen-bond donors (Lipinski definition) is 4. The van der Waals surface area contributed by atoms with Gasteiger partial charge in [-0.1, -0.05) is 25.5 Å². The van der Waals surface area contributed by atoms with Crippen LogP contribution in [0.15, 0.2) is 29.1 Å². The normalized spacial score (nSPS) is 17.8. The highest BCUT2D eigenvalue weighted by atomic mass is 16.4. The number of aromatic nitrogens is 1. The standard InChI is InChI=1S/C21H24N2O4.2C2H2.CH5N/c1-2-16-18(22-20(25)17(19(16)24)21(26)27)12-6-8-15(9-7-12)23-10-13-4-3-5-14(13)11-23;3*1-2/h6-9,13-14H,2-5,10-11H2,1H3,(H,26,27)(H2,22,24,25);2*1-2H;2H2,1H3. The van der Waals surface area contributed by atoms with Crippen LogP contribution in [-0.4, -0.2) is 41.3 Å². The number of hydrogen-bond acceptors (Lipinski definition) is 5. The van der Waals surface area contributed by atoms with Crippen LogP contribution < -0.4 is 16.2 Å². The van der Waals surface area contributed by atoms with Crippen molar-refractivity contribution in [2.75, 3.05) is 25.0 Å². The summed E-state index contributed by atoms with van der Waals surface area (Å²) in [6.45, 7) is 4.03. The van der Waals surface area contributed by atoms with Crippen molar-refractivity contribution in [3.05, 3.63) is 45.7 Å². The lowest BCUT2D eigenvalue weighted by atomic mass is 10.0. The third-order valence-electron chi connectivity index (χ3n) is 6.10. The molecule has 2 heterocycles. The molecule has 5 N–H and O–H groups in total. The Kier molecular flexibility index (Phi) is 10.8. The van der Waals surface area contributed by atoms with E-state index >= 15 is 0 Å². The molecule has 7 nitrogen and oxygen atoms in total. The highest BCUT2D eigenvalue weighted by molar-refractivity contribution is 5.92. The molecule has 0 radical (unpaired) electrons. The van der Waals surface area contributed by atoms with Crippen molar-refractivity contribution in [3.8, 4) is 42.7 Å². The van der Waals surface area contributed by atoms with E-state index in [1.54, 1.807) is 0 Å². The first-order valence-corrected chi connectivity index (χ1v) is 10.8. The third-order valence-corrected chi connectivity index (χ3v) is 6.10. The number of aromatic carboxylic acids is 1. The molecule has 1 saturated heterocycles. The van der Waals surface area contributed by atoms with Gasteiger partial charge >= 0.3 is 5.97 Å². The predicted molar refractivity (Wildman–Crippen MR) is 133 cm³/mol. The van der Waals surface area contributed by atoms with Gasteiger partial charge in [-0.3, -0.25) is 4.79 Å². The number of rotatable bonds is 4. The van der Waals surface area contributed by atoms with Gasteiger partial charge in [-0.25, -0.2) is 4.79 Å². The van der Waals surface area contributed by atoms with E-state index in [2.05, 4.69) is 41.3 Å². The summed E-state index contributed by atoms with van der Waals surface area (Å²) in [5.74, 6) is -0.244.